The molecule has 0 saturated carbocycles. The SMILES string of the molecule is OCCOCCNCc1cc(Cl)ccc1OCc1cccc(Cl)c1. The molecule has 0 aliphatic carbocycles. The second-order valence-corrected chi connectivity index (χ2v) is 6.06. The minimum absolute atomic E-state index is 0.0375. The van der Waals surface area contributed by atoms with E-state index in [0.717, 1.165) is 16.9 Å². The Balaban J connectivity index is 1.89. The Morgan fingerprint density at radius 3 is 2.62 bits per heavy atom. The molecule has 0 saturated heterocycles. The Labute approximate surface area is 152 Å². The van der Waals surface area contributed by atoms with Crippen LogP contribution >= 0.6 is 23.2 Å². The quantitative estimate of drug-likeness (QED) is 0.627. The smallest absolute Gasteiger partial charge is 0.124 e. The van der Waals surface area contributed by atoms with E-state index in [-0.39, 0.29) is 6.61 Å². The molecule has 2 aromatic carbocycles. The fourth-order valence-electron chi connectivity index (χ4n) is 2.15. The van der Waals surface area contributed by atoms with E-state index in [1.54, 1.807) is 0 Å². The van der Waals surface area contributed by atoms with E-state index < -0.39 is 0 Å². The number of aliphatic hydroxyl groups excluding tert-OH is 1. The Hall–Kier alpha value is -1.30. The van der Waals surface area contributed by atoms with Gasteiger partial charge in [0.25, 0.3) is 0 Å². The molecule has 0 aromatic heterocycles. The highest BCUT2D eigenvalue weighted by atomic mass is 35.5. The van der Waals surface area contributed by atoms with Crippen molar-refractivity contribution in [1.29, 1.82) is 0 Å². The van der Waals surface area contributed by atoms with Crippen molar-refractivity contribution in [3.63, 3.8) is 0 Å². The number of ether oxygens (including phenoxy) is 2. The van der Waals surface area contributed by atoms with Crippen LogP contribution in [0.2, 0.25) is 10.0 Å². The highest BCUT2D eigenvalue weighted by molar-refractivity contribution is 6.30. The van der Waals surface area contributed by atoms with Gasteiger partial charge in [-0.15, -0.1) is 0 Å². The van der Waals surface area contributed by atoms with Crippen LogP contribution in [-0.2, 0) is 17.9 Å². The van der Waals surface area contributed by atoms with Crippen molar-refractivity contribution < 1.29 is 14.6 Å². The summed E-state index contributed by atoms with van der Waals surface area (Å²) in [6.07, 6.45) is 0. The summed E-state index contributed by atoms with van der Waals surface area (Å²) in [6, 6.07) is 13.1. The fourth-order valence-corrected chi connectivity index (χ4v) is 2.56. The lowest BCUT2D eigenvalue weighted by molar-refractivity contribution is 0.0937. The van der Waals surface area contributed by atoms with E-state index in [1.807, 2.05) is 42.5 Å². The summed E-state index contributed by atoms with van der Waals surface area (Å²) < 4.78 is 11.1. The standard InChI is InChI=1S/C18H21Cl2NO3/c19-16-3-1-2-14(10-16)13-24-18-5-4-17(20)11-15(18)12-21-6-8-23-9-7-22/h1-5,10-11,21-22H,6-9,12-13H2. The van der Waals surface area contributed by atoms with Crippen molar-refractivity contribution in [3.05, 3.63) is 63.6 Å². The zero-order valence-corrected chi connectivity index (χ0v) is 14.8. The average Bonchev–Trinajstić information content (AvgIpc) is 2.57. The Kier molecular flexibility index (Phi) is 8.36. The van der Waals surface area contributed by atoms with Gasteiger partial charge in [-0.2, -0.15) is 0 Å². The molecule has 24 heavy (non-hydrogen) atoms. The molecule has 0 fully saturated rings. The first-order valence-corrected chi connectivity index (χ1v) is 8.49. The van der Waals surface area contributed by atoms with Crippen molar-refractivity contribution >= 4 is 23.2 Å². The number of halogens is 2. The molecule has 0 amide bonds. The van der Waals surface area contributed by atoms with E-state index in [1.165, 1.54) is 0 Å². The van der Waals surface area contributed by atoms with Gasteiger partial charge in [-0.25, -0.2) is 0 Å². The summed E-state index contributed by atoms with van der Waals surface area (Å²) in [5.41, 5.74) is 1.99. The van der Waals surface area contributed by atoms with Crippen LogP contribution in [0.15, 0.2) is 42.5 Å². The molecule has 0 aliphatic heterocycles. The molecule has 130 valence electrons. The van der Waals surface area contributed by atoms with Gasteiger partial charge < -0.3 is 19.9 Å². The molecule has 0 heterocycles. The van der Waals surface area contributed by atoms with Gasteiger partial charge in [0, 0.05) is 28.7 Å². The lowest BCUT2D eigenvalue weighted by atomic mass is 10.2. The van der Waals surface area contributed by atoms with Gasteiger partial charge >= 0.3 is 0 Å². The van der Waals surface area contributed by atoms with Crippen LogP contribution in [0, 0.1) is 0 Å². The van der Waals surface area contributed by atoms with Gasteiger partial charge in [0.2, 0.25) is 0 Å². The summed E-state index contributed by atoms with van der Waals surface area (Å²) in [6.45, 7) is 2.67. The number of hydrogen-bond donors (Lipinski definition) is 2. The molecule has 0 unspecified atom stereocenters. The predicted molar refractivity (Wildman–Crippen MR) is 96.8 cm³/mol. The molecule has 0 aliphatic rings. The molecular formula is C18H21Cl2NO3. The van der Waals surface area contributed by atoms with Crippen LogP contribution in [0.5, 0.6) is 5.75 Å². The summed E-state index contributed by atoms with van der Waals surface area (Å²) in [5, 5.41) is 13.3. The third-order valence-electron chi connectivity index (χ3n) is 3.28. The highest BCUT2D eigenvalue weighted by Gasteiger charge is 2.06. The molecule has 6 heteroatoms. The second kappa shape index (κ2) is 10.5. The minimum Gasteiger partial charge on any atom is -0.489 e. The Bertz CT molecular complexity index is 637. The van der Waals surface area contributed by atoms with Crippen molar-refractivity contribution in [3.8, 4) is 5.75 Å². The van der Waals surface area contributed by atoms with Crippen molar-refractivity contribution in [1.82, 2.24) is 5.32 Å². The van der Waals surface area contributed by atoms with E-state index in [4.69, 9.17) is 37.8 Å². The molecule has 4 nitrogen and oxygen atoms in total. The molecule has 0 spiro atoms. The molecule has 0 atom stereocenters. The van der Waals surface area contributed by atoms with Crippen LogP contribution in [0.3, 0.4) is 0 Å². The summed E-state index contributed by atoms with van der Waals surface area (Å²) >= 11 is 12.1. The zero-order chi connectivity index (χ0) is 17.2. The number of benzene rings is 2. The Morgan fingerprint density at radius 1 is 1.00 bits per heavy atom. The van der Waals surface area contributed by atoms with Gasteiger partial charge in [-0.3, -0.25) is 0 Å². The third-order valence-corrected chi connectivity index (χ3v) is 3.75. The third kappa shape index (κ3) is 6.67. The maximum atomic E-state index is 8.65. The summed E-state index contributed by atoms with van der Waals surface area (Å²) in [5.74, 6) is 0.781. The summed E-state index contributed by atoms with van der Waals surface area (Å²) in [7, 11) is 0. The van der Waals surface area contributed by atoms with Gasteiger partial charge in [0.15, 0.2) is 0 Å². The number of hydrogen-bond acceptors (Lipinski definition) is 4. The maximum Gasteiger partial charge on any atom is 0.124 e. The van der Waals surface area contributed by atoms with Crippen LogP contribution in [0.4, 0.5) is 0 Å². The number of rotatable bonds is 10. The van der Waals surface area contributed by atoms with Crippen molar-refractivity contribution in [2.45, 2.75) is 13.2 Å². The number of aliphatic hydroxyl groups is 1. The first-order chi connectivity index (χ1) is 11.7. The Morgan fingerprint density at radius 2 is 1.83 bits per heavy atom. The van der Waals surface area contributed by atoms with Gasteiger partial charge in [-0.1, -0.05) is 35.3 Å². The van der Waals surface area contributed by atoms with E-state index in [9.17, 15) is 0 Å². The van der Waals surface area contributed by atoms with Gasteiger partial charge in [0.05, 0.1) is 19.8 Å². The fraction of sp³-hybridized carbons (Fsp3) is 0.333. The average molecular weight is 370 g/mol. The van der Waals surface area contributed by atoms with Crippen molar-refractivity contribution in [2.24, 2.45) is 0 Å². The monoisotopic (exact) mass is 369 g/mol. The second-order valence-electron chi connectivity index (χ2n) is 5.18. The zero-order valence-electron chi connectivity index (χ0n) is 13.3. The molecule has 2 aromatic rings. The highest BCUT2D eigenvalue weighted by Crippen LogP contribution is 2.24. The summed E-state index contributed by atoms with van der Waals surface area (Å²) in [4.78, 5) is 0. The van der Waals surface area contributed by atoms with Crippen LogP contribution in [0.25, 0.3) is 0 Å². The molecule has 0 radical (unpaired) electrons. The van der Waals surface area contributed by atoms with Crippen molar-refractivity contribution in [2.75, 3.05) is 26.4 Å². The van der Waals surface area contributed by atoms with Crippen LogP contribution < -0.4 is 10.1 Å². The predicted octanol–water partition coefficient (Wildman–Crippen LogP) is 3.67. The van der Waals surface area contributed by atoms with Gasteiger partial charge in [-0.05, 0) is 35.9 Å². The lowest BCUT2D eigenvalue weighted by Crippen LogP contribution is -2.20. The van der Waals surface area contributed by atoms with Gasteiger partial charge in [0.1, 0.15) is 12.4 Å². The van der Waals surface area contributed by atoms with E-state index >= 15 is 0 Å². The van der Waals surface area contributed by atoms with Crippen LogP contribution in [-0.4, -0.2) is 31.5 Å². The van der Waals surface area contributed by atoms with Crippen LogP contribution in [0.1, 0.15) is 11.1 Å². The molecule has 2 N–H and O–H groups in total. The first-order valence-electron chi connectivity index (χ1n) is 7.74. The topological polar surface area (TPSA) is 50.7 Å². The minimum atomic E-state index is 0.0375. The number of nitrogens with one attached hydrogen (secondary N) is 1. The molecular weight excluding hydrogens is 349 g/mol. The van der Waals surface area contributed by atoms with E-state index in [2.05, 4.69) is 5.32 Å². The molecule has 0 bridgehead atoms. The molecule has 2 rings (SSSR count). The maximum absolute atomic E-state index is 8.65. The first kappa shape index (κ1) is 19.0. The lowest BCUT2D eigenvalue weighted by Gasteiger charge is -2.13. The largest absolute Gasteiger partial charge is 0.489 e. The normalized spacial score (nSPS) is 10.8. The van der Waals surface area contributed by atoms with E-state index in [0.29, 0.717) is 43.0 Å².